The number of benzene rings is 2. The fraction of sp³-hybridized carbons (Fsp3) is 0.143. The first-order valence-corrected chi connectivity index (χ1v) is 11.7. The zero-order valence-electron chi connectivity index (χ0n) is 16.8. The summed E-state index contributed by atoms with van der Waals surface area (Å²) in [6.07, 6.45) is 1.27. The van der Waals surface area contributed by atoms with Crippen LogP contribution in [0, 0.1) is 13.8 Å². The minimum absolute atomic E-state index is 0.0189. The number of methoxy groups -OCH3 is 1. The minimum Gasteiger partial charge on any atom is -0.496 e. The van der Waals surface area contributed by atoms with E-state index in [0.717, 1.165) is 9.54 Å². The van der Waals surface area contributed by atoms with Gasteiger partial charge in [-0.2, -0.15) is 0 Å². The highest BCUT2D eigenvalue weighted by Gasteiger charge is 2.25. The molecule has 0 atom stereocenters. The largest absolute Gasteiger partial charge is 0.496 e. The van der Waals surface area contributed by atoms with Crippen molar-refractivity contribution in [2.24, 2.45) is 0 Å². The normalized spacial score (nSPS) is 11.8. The molecule has 0 saturated heterocycles. The molecular weight excluding hydrogens is 506 g/mol. The molecule has 2 heterocycles. The molecule has 2 aromatic carbocycles. The van der Waals surface area contributed by atoms with Gasteiger partial charge in [-0.3, -0.25) is 9.36 Å². The Balaban J connectivity index is 1.98. The minimum atomic E-state index is -3.98. The van der Waals surface area contributed by atoms with Crippen LogP contribution in [0.15, 0.2) is 63.1 Å². The van der Waals surface area contributed by atoms with Crippen LogP contribution in [-0.2, 0) is 10.0 Å². The summed E-state index contributed by atoms with van der Waals surface area (Å²) in [5, 5.41) is 0.468. The summed E-state index contributed by atoms with van der Waals surface area (Å²) in [6, 6.07) is 11.2. The third-order valence-electron chi connectivity index (χ3n) is 4.99. The Kier molecular flexibility index (Phi) is 5.45. The third kappa shape index (κ3) is 3.46. The second-order valence-corrected chi connectivity index (χ2v) is 9.94. The van der Waals surface area contributed by atoms with Crippen LogP contribution in [0.3, 0.4) is 0 Å². The molecule has 7 nitrogen and oxygen atoms in total. The molecule has 0 amide bonds. The predicted octanol–water partition coefficient (Wildman–Crippen LogP) is 4.47. The van der Waals surface area contributed by atoms with Gasteiger partial charge in [0, 0.05) is 5.56 Å². The average Bonchev–Trinajstić information content (AvgIpc) is 3.07. The van der Waals surface area contributed by atoms with Crippen LogP contribution in [-0.4, -0.2) is 29.1 Å². The van der Waals surface area contributed by atoms with Gasteiger partial charge in [0.25, 0.3) is 15.6 Å². The SMILES string of the molecule is COc1ccc(Cl)c(-n2cnc3c(cc(Br)n3S(=O)(=O)c3ccc(C)cc3)c2=O)c1C. The number of fused-ring (bicyclic) bond motifs is 1. The Morgan fingerprint density at radius 2 is 1.77 bits per heavy atom. The number of aromatic nitrogens is 3. The third-order valence-corrected chi connectivity index (χ3v) is 7.83. The van der Waals surface area contributed by atoms with Crippen molar-refractivity contribution in [3.05, 3.63) is 79.9 Å². The lowest BCUT2D eigenvalue weighted by atomic mass is 10.1. The number of nitrogens with zero attached hydrogens (tertiary/aromatic N) is 3. The van der Waals surface area contributed by atoms with E-state index in [1.165, 1.54) is 36.2 Å². The van der Waals surface area contributed by atoms with Gasteiger partial charge in [0.15, 0.2) is 5.65 Å². The van der Waals surface area contributed by atoms with Gasteiger partial charge in [0.1, 0.15) is 16.7 Å². The van der Waals surface area contributed by atoms with Crippen molar-refractivity contribution >= 4 is 48.6 Å². The summed E-state index contributed by atoms with van der Waals surface area (Å²) >= 11 is 9.64. The Morgan fingerprint density at radius 1 is 1.10 bits per heavy atom. The Morgan fingerprint density at radius 3 is 2.42 bits per heavy atom. The summed E-state index contributed by atoms with van der Waals surface area (Å²) in [6.45, 7) is 3.65. The van der Waals surface area contributed by atoms with E-state index in [1.54, 1.807) is 31.2 Å². The van der Waals surface area contributed by atoms with Crippen molar-refractivity contribution in [1.82, 2.24) is 13.5 Å². The van der Waals surface area contributed by atoms with E-state index < -0.39 is 15.6 Å². The summed E-state index contributed by atoms with van der Waals surface area (Å²) in [5.41, 5.74) is 1.57. The lowest BCUT2D eigenvalue weighted by molar-refractivity contribution is 0.411. The molecule has 0 aliphatic rings. The first-order chi connectivity index (χ1) is 14.7. The topological polar surface area (TPSA) is 83.2 Å². The van der Waals surface area contributed by atoms with E-state index >= 15 is 0 Å². The molecule has 160 valence electrons. The van der Waals surface area contributed by atoms with E-state index in [1.807, 2.05) is 6.92 Å². The van der Waals surface area contributed by atoms with E-state index in [9.17, 15) is 13.2 Å². The second kappa shape index (κ2) is 7.81. The van der Waals surface area contributed by atoms with Gasteiger partial charge in [-0.15, -0.1) is 0 Å². The van der Waals surface area contributed by atoms with Crippen molar-refractivity contribution in [3.63, 3.8) is 0 Å². The summed E-state index contributed by atoms with van der Waals surface area (Å²) in [5.74, 6) is 0.562. The molecule has 4 aromatic rings. The molecule has 2 aromatic heterocycles. The molecule has 0 N–H and O–H groups in total. The molecule has 0 bridgehead atoms. The van der Waals surface area contributed by atoms with Gasteiger partial charge in [-0.1, -0.05) is 29.3 Å². The van der Waals surface area contributed by atoms with Gasteiger partial charge in [0.05, 0.1) is 28.1 Å². The fourth-order valence-corrected chi connectivity index (χ4v) is 6.01. The van der Waals surface area contributed by atoms with Crippen molar-refractivity contribution in [1.29, 1.82) is 0 Å². The highest BCUT2D eigenvalue weighted by molar-refractivity contribution is 9.10. The van der Waals surface area contributed by atoms with Crippen LogP contribution in [0.25, 0.3) is 16.7 Å². The van der Waals surface area contributed by atoms with Crippen LogP contribution in [0.2, 0.25) is 5.02 Å². The maximum Gasteiger partial charge on any atom is 0.270 e. The number of hydrogen-bond donors (Lipinski definition) is 0. The van der Waals surface area contributed by atoms with Crippen molar-refractivity contribution in [3.8, 4) is 11.4 Å². The molecule has 0 saturated carbocycles. The van der Waals surface area contributed by atoms with Gasteiger partial charge >= 0.3 is 0 Å². The van der Waals surface area contributed by atoms with Gasteiger partial charge in [-0.25, -0.2) is 17.4 Å². The number of ether oxygens (including phenoxy) is 1. The molecule has 0 radical (unpaired) electrons. The molecule has 0 aliphatic carbocycles. The molecule has 4 rings (SSSR count). The molecule has 0 fully saturated rings. The van der Waals surface area contributed by atoms with Crippen molar-refractivity contribution < 1.29 is 13.2 Å². The first-order valence-electron chi connectivity index (χ1n) is 9.11. The Bertz CT molecular complexity index is 1490. The number of rotatable bonds is 4. The van der Waals surface area contributed by atoms with Crippen LogP contribution < -0.4 is 10.3 Å². The molecule has 0 unspecified atom stereocenters. The number of halogens is 2. The summed E-state index contributed by atoms with van der Waals surface area (Å²) in [4.78, 5) is 17.7. The fourth-order valence-electron chi connectivity index (χ4n) is 3.40. The molecule has 10 heteroatoms. The van der Waals surface area contributed by atoms with Crippen LogP contribution >= 0.6 is 27.5 Å². The van der Waals surface area contributed by atoms with Crippen LogP contribution in [0.1, 0.15) is 11.1 Å². The van der Waals surface area contributed by atoms with Gasteiger partial charge in [-0.05, 0) is 60.1 Å². The first kappa shape index (κ1) is 21.6. The van der Waals surface area contributed by atoms with Gasteiger partial charge in [0.2, 0.25) is 0 Å². The van der Waals surface area contributed by atoms with E-state index in [2.05, 4.69) is 20.9 Å². The highest BCUT2D eigenvalue weighted by Crippen LogP contribution is 2.31. The average molecular weight is 523 g/mol. The van der Waals surface area contributed by atoms with Crippen LogP contribution in [0.4, 0.5) is 0 Å². The maximum absolute atomic E-state index is 13.3. The predicted molar refractivity (Wildman–Crippen MR) is 123 cm³/mol. The summed E-state index contributed by atoms with van der Waals surface area (Å²) < 4.78 is 34.3. The van der Waals surface area contributed by atoms with Crippen molar-refractivity contribution in [2.75, 3.05) is 7.11 Å². The lowest BCUT2D eigenvalue weighted by Gasteiger charge is -2.14. The maximum atomic E-state index is 13.3. The zero-order chi connectivity index (χ0) is 22.5. The molecular formula is C21H17BrClN3O4S. The van der Waals surface area contributed by atoms with Crippen LogP contribution in [0.5, 0.6) is 5.75 Å². The molecule has 31 heavy (non-hydrogen) atoms. The van der Waals surface area contributed by atoms with Crippen molar-refractivity contribution in [2.45, 2.75) is 18.7 Å². The van der Waals surface area contributed by atoms with E-state index in [-0.39, 0.29) is 20.5 Å². The number of hydrogen-bond acceptors (Lipinski definition) is 5. The standard InChI is InChI=1S/C21H17BrClN3O4S/c1-12-4-6-14(7-5-12)31(28,29)26-18(22)10-15-20(26)24-11-25(21(15)27)19-13(2)17(30-3)9-8-16(19)23/h4-11H,1-3H3. The lowest BCUT2D eigenvalue weighted by Crippen LogP contribution is -2.21. The van der Waals surface area contributed by atoms with E-state index in [0.29, 0.717) is 22.0 Å². The Hall–Kier alpha value is -2.62. The monoisotopic (exact) mass is 521 g/mol. The molecule has 0 aliphatic heterocycles. The number of aryl methyl sites for hydroxylation is 1. The zero-order valence-corrected chi connectivity index (χ0v) is 19.9. The Labute approximate surface area is 192 Å². The quantitative estimate of drug-likeness (QED) is 0.395. The van der Waals surface area contributed by atoms with Gasteiger partial charge < -0.3 is 4.74 Å². The smallest absolute Gasteiger partial charge is 0.270 e. The second-order valence-electron chi connectivity index (χ2n) is 6.93. The van der Waals surface area contributed by atoms with E-state index in [4.69, 9.17) is 16.3 Å². The highest BCUT2D eigenvalue weighted by atomic mass is 79.9. The molecule has 0 spiro atoms. The summed E-state index contributed by atoms with van der Waals surface area (Å²) in [7, 11) is -2.45.